The molecule has 4 saturated heterocycles. The van der Waals surface area contributed by atoms with E-state index in [0.29, 0.717) is 0 Å². The summed E-state index contributed by atoms with van der Waals surface area (Å²) in [5.41, 5.74) is 6.89. The largest absolute Gasteiger partial charge is 1.00 e. The Balaban J connectivity index is 0.000000418. The minimum absolute atomic E-state index is 0. The van der Waals surface area contributed by atoms with Crippen LogP contribution in [0.5, 0.6) is 0 Å². The maximum Gasteiger partial charge on any atom is 0.0860 e. The predicted molar refractivity (Wildman–Crippen MR) is 283 cm³/mol. The normalized spacial score (nSPS) is 21.9. The van der Waals surface area contributed by atoms with E-state index in [2.05, 4.69) is 104 Å². The zero-order valence-corrected chi connectivity index (χ0v) is 51.6. The Kier molecular flexibility index (Phi) is 31.3. The standard InChI is InChI=1S/4C14H24Si.2ClH.2Ti/c4*1-3-5-7-13-8-9-14(12-13)15(4-2)10-6-11-15;;;;/h4*9,12H,3-8,10-11H2,1-2H3;2*1H;;/p-2. The van der Waals surface area contributed by atoms with Crippen LogP contribution in [0.2, 0.25) is 72.5 Å². The summed E-state index contributed by atoms with van der Waals surface area (Å²) in [6, 6.07) is 18.5. The summed E-state index contributed by atoms with van der Waals surface area (Å²) in [5.74, 6) is 0. The Morgan fingerprint density at radius 1 is 0.328 bits per heavy atom. The third kappa shape index (κ3) is 16.4. The van der Waals surface area contributed by atoms with E-state index >= 15 is 0 Å². The van der Waals surface area contributed by atoms with E-state index in [9.17, 15) is 0 Å². The smallest absolute Gasteiger partial charge is 0.0860 e. The van der Waals surface area contributed by atoms with E-state index < -0.39 is 32.3 Å². The molecular weight excluding hydrogens is 952 g/mol. The maximum atomic E-state index is 2.59. The van der Waals surface area contributed by atoms with Gasteiger partial charge in [-0.3, -0.25) is 0 Å². The third-order valence-electron chi connectivity index (χ3n) is 17.6. The van der Waals surface area contributed by atoms with Crippen molar-refractivity contribution in [2.45, 2.75) is 256 Å². The number of halogens is 2. The fourth-order valence-electron chi connectivity index (χ4n) is 11.9. The zero-order chi connectivity index (χ0) is 42.9. The van der Waals surface area contributed by atoms with Crippen molar-refractivity contribution in [3.63, 3.8) is 0 Å². The molecule has 0 aromatic rings. The first-order valence-corrected chi connectivity index (χ1v) is 37.3. The second-order valence-corrected chi connectivity index (χ2v) is 40.4. The van der Waals surface area contributed by atoms with Gasteiger partial charge in [0, 0.05) is 43.4 Å². The van der Waals surface area contributed by atoms with E-state index in [1.165, 1.54) is 153 Å². The number of hydrogen-bond donors (Lipinski definition) is 0. The van der Waals surface area contributed by atoms with E-state index in [-0.39, 0.29) is 68.2 Å². The van der Waals surface area contributed by atoms with E-state index in [4.69, 9.17) is 0 Å². The maximum absolute atomic E-state index is 2.59. The summed E-state index contributed by atoms with van der Waals surface area (Å²) in [5, 5.41) is 7.29. The van der Waals surface area contributed by atoms with Crippen LogP contribution in [0.4, 0.5) is 0 Å². The molecule has 64 heavy (non-hydrogen) atoms. The number of unbranched alkanes of at least 4 members (excludes halogenated alkanes) is 4. The Hall–Kier alpha value is 0.796. The van der Waals surface area contributed by atoms with Gasteiger partial charge in [0.1, 0.15) is 0 Å². The van der Waals surface area contributed by atoms with Crippen molar-refractivity contribution >= 4 is 32.3 Å². The molecule has 4 aliphatic heterocycles. The van der Waals surface area contributed by atoms with E-state index in [1.54, 1.807) is 70.6 Å². The quantitative estimate of drug-likeness (QED) is 0.107. The van der Waals surface area contributed by atoms with Crippen LogP contribution in [-0.2, 0) is 43.4 Å². The Morgan fingerprint density at radius 3 is 0.641 bits per heavy atom. The van der Waals surface area contributed by atoms with Gasteiger partial charge in [-0.05, 0) is 77.0 Å². The van der Waals surface area contributed by atoms with Crippen molar-refractivity contribution in [2.24, 2.45) is 0 Å². The SMILES string of the molecule is CCCCC1=CC([Si]2(CC)CCC2)=CC1.CCCCC1=CC([Si]2(CC)CCC2)=CC1.CCCCC1=CC([Si]2(CC)CCC2)=CC1.CCCCC1=CC([Si]2(CC)CCC2)=CC1.[Cl-].[Cl-].[Ti].[Ti]. The van der Waals surface area contributed by atoms with Gasteiger partial charge in [0.15, 0.2) is 0 Å². The first kappa shape index (κ1) is 62.8. The molecule has 0 amide bonds. The molecule has 0 bridgehead atoms. The van der Waals surface area contributed by atoms with Gasteiger partial charge in [-0.25, -0.2) is 0 Å². The fraction of sp³-hybridized carbons (Fsp3) is 0.714. The van der Waals surface area contributed by atoms with Crippen molar-refractivity contribution in [1.82, 2.24) is 0 Å². The summed E-state index contributed by atoms with van der Waals surface area (Å²) in [7, 11) is -3.52. The van der Waals surface area contributed by atoms with Gasteiger partial charge < -0.3 is 24.8 Å². The molecule has 0 unspecified atom stereocenters. The first-order valence-electron chi connectivity index (χ1n) is 26.8. The average molecular weight is 1050 g/mol. The molecule has 8 heteroatoms. The number of hydrogen-bond acceptors (Lipinski definition) is 0. The number of allylic oxidation sites excluding steroid dienone is 16. The number of rotatable bonds is 20. The Morgan fingerprint density at radius 2 is 0.516 bits per heavy atom. The van der Waals surface area contributed by atoms with Crippen LogP contribution in [-0.4, -0.2) is 32.3 Å². The summed E-state index contributed by atoms with van der Waals surface area (Å²) in [6.07, 6.45) is 48.1. The zero-order valence-electron chi connectivity index (χ0n) is 43.0. The molecule has 0 nitrogen and oxygen atoms in total. The van der Waals surface area contributed by atoms with Crippen LogP contribution >= 0.6 is 0 Å². The predicted octanol–water partition coefficient (Wildman–Crippen LogP) is 13.4. The molecule has 0 N–H and O–H groups in total. The molecule has 0 aromatic heterocycles. The van der Waals surface area contributed by atoms with Crippen molar-refractivity contribution < 1.29 is 68.2 Å². The van der Waals surface area contributed by atoms with Crippen LogP contribution < -0.4 is 24.8 Å². The molecule has 0 aromatic carbocycles. The molecule has 360 valence electrons. The van der Waals surface area contributed by atoms with Gasteiger partial charge >= 0.3 is 0 Å². The second-order valence-electron chi connectivity index (χ2n) is 21.0. The van der Waals surface area contributed by atoms with E-state index in [1.807, 2.05) is 20.8 Å². The molecule has 4 aliphatic carbocycles. The summed E-state index contributed by atoms with van der Waals surface area (Å²) in [4.78, 5) is 0. The van der Waals surface area contributed by atoms with Crippen LogP contribution in [0.15, 0.2) is 91.7 Å². The topological polar surface area (TPSA) is 0 Å². The Labute approximate surface area is 444 Å². The monoisotopic (exact) mass is 1050 g/mol. The van der Waals surface area contributed by atoms with Crippen molar-refractivity contribution in [3.05, 3.63) is 91.7 Å². The summed E-state index contributed by atoms with van der Waals surface area (Å²) >= 11 is 0. The van der Waals surface area contributed by atoms with Gasteiger partial charge in [-0.1, -0.05) is 271 Å². The van der Waals surface area contributed by atoms with Crippen molar-refractivity contribution in [3.8, 4) is 0 Å². The van der Waals surface area contributed by atoms with Crippen molar-refractivity contribution in [1.29, 1.82) is 0 Å². The molecule has 4 heterocycles. The van der Waals surface area contributed by atoms with Crippen LogP contribution in [0.25, 0.3) is 0 Å². The first-order chi connectivity index (χ1) is 29.2. The van der Waals surface area contributed by atoms with Crippen LogP contribution in [0.1, 0.15) is 184 Å². The van der Waals surface area contributed by atoms with Gasteiger partial charge in [0.2, 0.25) is 0 Å². The molecule has 8 rings (SSSR count). The molecule has 0 spiro atoms. The second kappa shape index (κ2) is 31.9. The molecule has 4 fully saturated rings. The van der Waals surface area contributed by atoms with Gasteiger partial charge in [0.05, 0.1) is 32.3 Å². The van der Waals surface area contributed by atoms with Crippen LogP contribution in [0.3, 0.4) is 0 Å². The molecule has 8 aliphatic rings. The van der Waals surface area contributed by atoms with Gasteiger partial charge in [0.25, 0.3) is 0 Å². The minimum Gasteiger partial charge on any atom is -1.00 e. The van der Waals surface area contributed by atoms with E-state index in [0.717, 1.165) is 0 Å². The molecule has 0 radical (unpaired) electrons. The van der Waals surface area contributed by atoms with Crippen molar-refractivity contribution in [2.75, 3.05) is 0 Å². The summed E-state index contributed by atoms with van der Waals surface area (Å²) in [6.45, 7) is 18.8. The molecular formula is C56H96Cl2Si4Ti2-2. The fourth-order valence-corrected chi connectivity index (χ4v) is 27.7. The molecule has 0 atom stereocenters. The average Bonchev–Trinajstić information content (AvgIpc) is 4.04. The minimum atomic E-state index is -0.880. The van der Waals surface area contributed by atoms with Gasteiger partial charge in [-0.2, -0.15) is 0 Å². The third-order valence-corrected chi connectivity index (χ3v) is 39.8. The summed E-state index contributed by atoms with van der Waals surface area (Å²) < 4.78 is 0. The van der Waals surface area contributed by atoms with Crippen LogP contribution in [0, 0.1) is 0 Å². The molecule has 0 saturated carbocycles. The Bertz CT molecular complexity index is 1370. The van der Waals surface area contributed by atoms with Gasteiger partial charge in [-0.15, -0.1) is 0 Å².